The zero-order valence-electron chi connectivity index (χ0n) is 16.6. The van der Waals surface area contributed by atoms with Gasteiger partial charge in [0.15, 0.2) is 0 Å². The van der Waals surface area contributed by atoms with Gasteiger partial charge in [-0.2, -0.15) is 11.8 Å². The molecule has 1 aromatic carbocycles. The van der Waals surface area contributed by atoms with Crippen molar-refractivity contribution in [2.24, 2.45) is 11.8 Å². The molecule has 0 aromatic heterocycles. The van der Waals surface area contributed by atoms with Crippen molar-refractivity contribution in [3.63, 3.8) is 0 Å². The third-order valence-corrected chi connectivity index (χ3v) is 5.55. The van der Waals surface area contributed by atoms with Crippen molar-refractivity contribution >= 4 is 29.4 Å². The molecule has 0 amide bonds. The van der Waals surface area contributed by atoms with E-state index in [1.807, 2.05) is 0 Å². The Morgan fingerprint density at radius 1 is 1.23 bits per heavy atom. The largest absolute Gasteiger partial charge is 0.461 e. The highest BCUT2D eigenvalue weighted by Crippen LogP contribution is 2.22. The molecular weight excluding hydrogens is 420 g/mol. The molecule has 12 heteroatoms. The molecule has 0 bridgehead atoms. The summed E-state index contributed by atoms with van der Waals surface area (Å²) in [5.74, 6) is -0.972. The second-order valence-corrected chi connectivity index (χ2v) is 7.70. The number of rotatable bonds is 11. The fourth-order valence-electron chi connectivity index (χ4n) is 2.33. The Morgan fingerprint density at radius 2 is 1.87 bits per heavy atom. The lowest BCUT2D eigenvalue weighted by molar-refractivity contribution is -0.461. The van der Waals surface area contributed by atoms with Crippen molar-refractivity contribution in [3.05, 3.63) is 39.4 Å². The Hall–Kier alpha value is -2.25. The lowest BCUT2D eigenvalue weighted by atomic mass is 10.1. The first kappa shape index (κ1) is 24.0. The van der Waals surface area contributed by atoms with Gasteiger partial charge in [0, 0.05) is 17.6 Å². The van der Waals surface area contributed by atoms with Crippen molar-refractivity contribution < 1.29 is 38.9 Å². The van der Waals surface area contributed by atoms with Crippen molar-refractivity contribution in [1.29, 1.82) is 0 Å². The van der Waals surface area contributed by atoms with Gasteiger partial charge in [-0.25, -0.2) is 14.5 Å². The highest BCUT2D eigenvalue weighted by molar-refractivity contribution is 7.99. The number of thioether (sulfide) groups is 1. The van der Waals surface area contributed by atoms with Gasteiger partial charge in [-0.05, 0) is 11.6 Å². The maximum atomic E-state index is 12.2. The van der Waals surface area contributed by atoms with Gasteiger partial charge < -0.3 is 14.7 Å². The number of ether oxygens (including phenoxy) is 1. The van der Waals surface area contributed by atoms with Crippen LogP contribution in [0.5, 0.6) is 0 Å². The zero-order valence-corrected chi connectivity index (χ0v) is 17.5. The molecule has 1 aromatic rings. The van der Waals surface area contributed by atoms with E-state index < -0.39 is 35.3 Å². The molecule has 1 fully saturated rings. The monoisotopic (exact) mass is 444 g/mol. The van der Waals surface area contributed by atoms with E-state index in [0.29, 0.717) is 35.7 Å². The van der Waals surface area contributed by atoms with Crippen LogP contribution in [0.4, 0.5) is 5.69 Å². The number of nitrogens with zero attached hydrogens (tertiary/aromatic N) is 2. The summed E-state index contributed by atoms with van der Waals surface area (Å²) in [4.78, 5) is 49.2. The maximum Gasteiger partial charge on any atom is 0.334 e. The van der Waals surface area contributed by atoms with Gasteiger partial charge >= 0.3 is 11.9 Å². The Balaban J connectivity index is 1.72. The Morgan fingerprint density at radius 3 is 2.47 bits per heavy atom. The molecule has 166 valence electrons. The minimum Gasteiger partial charge on any atom is -0.461 e. The van der Waals surface area contributed by atoms with Crippen molar-refractivity contribution in [2.75, 3.05) is 24.7 Å². The molecule has 2 unspecified atom stereocenters. The van der Waals surface area contributed by atoms with Crippen LogP contribution in [-0.2, 0) is 42.1 Å². The van der Waals surface area contributed by atoms with Gasteiger partial charge in [0.25, 0.3) is 5.69 Å². The standard InChI is InChI=1S/C18H24N2O9S/c1-12(10-30-11-13(2)18(23)29-20-27-5-6-28-20)17(22)26-9-14-3-4-15(8-21)16(7-14)19(24)25/h3-4,7,12-13,21H,5-6,8-11H2,1-2H3. The first-order valence-electron chi connectivity index (χ1n) is 9.21. The number of hydrogen-bond donors (Lipinski definition) is 1. The molecule has 30 heavy (non-hydrogen) atoms. The molecule has 0 saturated carbocycles. The van der Waals surface area contributed by atoms with Crippen LogP contribution in [-0.4, -0.2) is 52.1 Å². The maximum absolute atomic E-state index is 12.2. The van der Waals surface area contributed by atoms with E-state index in [-0.39, 0.29) is 17.9 Å². The molecule has 1 aliphatic rings. The van der Waals surface area contributed by atoms with Crippen LogP contribution >= 0.6 is 11.8 Å². The molecule has 1 aliphatic heterocycles. The van der Waals surface area contributed by atoms with Crippen LogP contribution in [0.2, 0.25) is 0 Å². The molecule has 2 rings (SSSR count). The van der Waals surface area contributed by atoms with E-state index in [2.05, 4.69) is 0 Å². The van der Waals surface area contributed by atoms with E-state index >= 15 is 0 Å². The fraction of sp³-hybridized carbons (Fsp3) is 0.556. The second kappa shape index (κ2) is 11.8. The smallest absolute Gasteiger partial charge is 0.334 e. The first-order valence-corrected chi connectivity index (χ1v) is 10.4. The summed E-state index contributed by atoms with van der Waals surface area (Å²) in [6.07, 6.45) is 0. The zero-order chi connectivity index (χ0) is 22.1. The Kier molecular flexibility index (Phi) is 9.46. The highest BCUT2D eigenvalue weighted by Gasteiger charge is 2.24. The van der Waals surface area contributed by atoms with E-state index in [4.69, 9.17) is 24.4 Å². The second-order valence-electron chi connectivity index (χ2n) is 6.63. The number of nitro benzene ring substituents is 1. The summed E-state index contributed by atoms with van der Waals surface area (Å²) < 4.78 is 5.22. The van der Waals surface area contributed by atoms with Crippen LogP contribution in [0.3, 0.4) is 0 Å². The topological polar surface area (TPSA) is 138 Å². The van der Waals surface area contributed by atoms with Crippen molar-refractivity contribution in [2.45, 2.75) is 27.1 Å². The lowest BCUT2D eigenvalue weighted by Crippen LogP contribution is -2.27. The molecule has 2 atom stereocenters. The normalized spacial score (nSPS) is 16.1. The minimum atomic E-state index is -0.593. The van der Waals surface area contributed by atoms with Gasteiger partial charge in [-0.1, -0.05) is 19.9 Å². The van der Waals surface area contributed by atoms with Crippen LogP contribution in [0.1, 0.15) is 25.0 Å². The van der Waals surface area contributed by atoms with E-state index in [9.17, 15) is 19.7 Å². The number of benzene rings is 1. The fourth-order valence-corrected chi connectivity index (χ4v) is 3.45. The molecule has 1 saturated heterocycles. The van der Waals surface area contributed by atoms with Crippen LogP contribution < -0.4 is 0 Å². The quantitative estimate of drug-likeness (QED) is 0.303. The molecule has 0 spiro atoms. The third-order valence-electron chi connectivity index (χ3n) is 4.08. The summed E-state index contributed by atoms with van der Waals surface area (Å²) in [6, 6.07) is 4.27. The predicted molar refractivity (Wildman–Crippen MR) is 104 cm³/mol. The number of aliphatic hydroxyl groups is 1. The van der Waals surface area contributed by atoms with Crippen LogP contribution in [0, 0.1) is 22.0 Å². The molecule has 0 aliphatic carbocycles. The predicted octanol–water partition coefficient (Wildman–Crippen LogP) is 1.77. The first-order chi connectivity index (χ1) is 14.3. The molecule has 11 nitrogen and oxygen atoms in total. The molecule has 1 heterocycles. The van der Waals surface area contributed by atoms with Crippen LogP contribution in [0.25, 0.3) is 0 Å². The molecular formula is C18H24N2O9S. The summed E-state index contributed by atoms with van der Waals surface area (Å²) in [6.45, 7) is 3.45. The van der Waals surface area contributed by atoms with Gasteiger partial charge in [0.05, 0.1) is 28.9 Å². The minimum absolute atomic E-state index is 0.112. The number of hydrogen-bond acceptors (Lipinski definition) is 11. The SMILES string of the molecule is CC(CSCC(C)C(=O)ON1OCCO1)C(=O)OCc1ccc(CO)c([N+](=O)[O-])c1. The van der Waals surface area contributed by atoms with E-state index in [1.165, 1.54) is 23.9 Å². The Labute approximate surface area is 177 Å². The summed E-state index contributed by atoms with van der Waals surface area (Å²) in [7, 11) is 0. The van der Waals surface area contributed by atoms with E-state index in [1.54, 1.807) is 19.9 Å². The number of carbonyl (C=O) groups excluding carboxylic acids is 2. The summed E-state index contributed by atoms with van der Waals surface area (Å²) >= 11 is 1.40. The third kappa shape index (κ3) is 7.22. The molecule has 1 N–H and O–H groups in total. The number of carbonyl (C=O) groups is 2. The number of esters is 1. The Bertz CT molecular complexity index is 755. The average Bonchev–Trinajstić information content (AvgIpc) is 3.24. The van der Waals surface area contributed by atoms with Gasteiger partial charge in [-0.3, -0.25) is 14.9 Å². The van der Waals surface area contributed by atoms with Crippen molar-refractivity contribution in [1.82, 2.24) is 5.39 Å². The van der Waals surface area contributed by atoms with Crippen LogP contribution in [0.15, 0.2) is 18.2 Å². The van der Waals surface area contributed by atoms with Crippen molar-refractivity contribution in [3.8, 4) is 0 Å². The van der Waals surface area contributed by atoms with Gasteiger partial charge in [-0.15, -0.1) is 0 Å². The summed E-state index contributed by atoms with van der Waals surface area (Å²) in [5.41, 5.74) is 0.422. The average molecular weight is 444 g/mol. The summed E-state index contributed by atoms with van der Waals surface area (Å²) in [5, 5.41) is 20.9. The van der Waals surface area contributed by atoms with Gasteiger partial charge in [0.1, 0.15) is 25.2 Å². The molecule has 0 radical (unpaired) electrons. The number of nitro groups is 1. The number of aliphatic hydroxyl groups excluding tert-OH is 1. The van der Waals surface area contributed by atoms with Gasteiger partial charge in [0.2, 0.25) is 0 Å². The lowest BCUT2D eigenvalue weighted by Gasteiger charge is -2.15. The highest BCUT2D eigenvalue weighted by atomic mass is 32.2. The van der Waals surface area contributed by atoms with E-state index in [0.717, 1.165) is 0 Å².